The molecular weight excluding hydrogens is 372 g/mol. The van der Waals surface area contributed by atoms with Crippen molar-refractivity contribution in [1.29, 1.82) is 0 Å². The Kier molecular flexibility index (Phi) is 4.85. The molecule has 1 N–H and O–H groups in total. The van der Waals surface area contributed by atoms with E-state index in [1.807, 2.05) is 36.4 Å². The first kappa shape index (κ1) is 18.6. The fraction of sp³-hybridized carbons (Fsp3) is 0.286. The van der Waals surface area contributed by atoms with Gasteiger partial charge in [0.05, 0.1) is 11.0 Å². The van der Waals surface area contributed by atoms with Crippen LogP contribution >= 0.6 is 11.8 Å². The number of rotatable bonds is 6. The molecular formula is C21H22N4O2S. The van der Waals surface area contributed by atoms with Crippen LogP contribution in [0.15, 0.2) is 59.8 Å². The lowest BCUT2D eigenvalue weighted by Gasteiger charge is -2.15. The quantitative estimate of drug-likeness (QED) is 0.392. The predicted molar refractivity (Wildman–Crippen MR) is 111 cm³/mol. The minimum atomic E-state index is -0.814. The van der Waals surface area contributed by atoms with Crippen molar-refractivity contribution in [3.05, 3.63) is 54.6 Å². The summed E-state index contributed by atoms with van der Waals surface area (Å²) in [4.78, 5) is 30.4. The highest BCUT2D eigenvalue weighted by molar-refractivity contribution is 7.99. The van der Waals surface area contributed by atoms with Gasteiger partial charge in [0.15, 0.2) is 5.16 Å². The van der Waals surface area contributed by atoms with Crippen molar-refractivity contribution in [1.82, 2.24) is 19.8 Å². The van der Waals surface area contributed by atoms with Gasteiger partial charge in [0.1, 0.15) is 5.54 Å². The van der Waals surface area contributed by atoms with Crippen LogP contribution < -0.4 is 5.32 Å². The third-order valence-corrected chi connectivity index (χ3v) is 5.77. The van der Waals surface area contributed by atoms with Crippen molar-refractivity contribution in [2.75, 3.05) is 12.3 Å². The Labute approximate surface area is 167 Å². The van der Waals surface area contributed by atoms with Gasteiger partial charge in [-0.25, -0.2) is 9.78 Å². The smallest absolute Gasteiger partial charge is 0.324 e. The Balaban J connectivity index is 1.49. The summed E-state index contributed by atoms with van der Waals surface area (Å²) in [5, 5.41) is 3.62. The first-order valence-corrected chi connectivity index (χ1v) is 10.3. The van der Waals surface area contributed by atoms with E-state index in [9.17, 15) is 9.59 Å². The number of thioether (sulfide) groups is 1. The van der Waals surface area contributed by atoms with Crippen LogP contribution in [0.5, 0.6) is 0 Å². The van der Waals surface area contributed by atoms with Gasteiger partial charge in [-0.3, -0.25) is 14.3 Å². The van der Waals surface area contributed by atoms with E-state index in [0.29, 0.717) is 13.0 Å². The Morgan fingerprint density at radius 2 is 1.75 bits per heavy atom. The summed E-state index contributed by atoms with van der Waals surface area (Å²) in [7, 11) is 0. The number of imide groups is 1. The third kappa shape index (κ3) is 3.38. The number of benzene rings is 2. The number of carbonyl (C=O) groups is 2. The zero-order valence-electron chi connectivity index (χ0n) is 15.9. The molecule has 3 aromatic rings. The van der Waals surface area contributed by atoms with Gasteiger partial charge in [0.2, 0.25) is 0 Å². The van der Waals surface area contributed by atoms with Crippen LogP contribution in [-0.2, 0) is 4.79 Å². The standard InChI is InChI=1S/C21H22N4O2S/c1-21(2)18(26)24(19(27)23-21)13-8-14-28-20-22-16-11-6-7-12-17(16)25(20)15-9-4-3-5-10-15/h3-7,9-12H,8,13-14H2,1-2H3,(H,23,27). The molecule has 1 aliphatic rings. The Bertz CT molecular complexity index is 1030. The number of hydrogen-bond donors (Lipinski definition) is 1. The number of aromatic nitrogens is 2. The van der Waals surface area contributed by atoms with E-state index in [4.69, 9.17) is 4.98 Å². The maximum absolute atomic E-state index is 12.3. The molecule has 7 heteroatoms. The predicted octanol–water partition coefficient (Wildman–Crippen LogP) is 3.84. The van der Waals surface area contributed by atoms with E-state index >= 15 is 0 Å². The zero-order chi connectivity index (χ0) is 19.7. The molecule has 0 radical (unpaired) electrons. The molecule has 0 saturated carbocycles. The monoisotopic (exact) mass is 394 g/mol. The SMILES string of the molecule is CC1(C)NC(=O)N(CCCSc2nc3ccccc3n2-c2ccccc2)C1=O. The number of fused-ring (bicyclic) bond motifs is 1. The number of nitrogens with zero attached hydrogens (tertiary/aromatic N) is 3. The van der Waals surface area contributed by atoms with Crippen LogP contribution in [0.4, 0.5) is 4.79 Å². The van der Waals surface area contributed by atoms with Gasteiger partial charge >= 0.3 is 6.03 Å². The molecule has 4 rings (SSSR count). The lowest BCUT2D eigenvalue weighted by Crippen LogP contribution is -2.40. The van der Waals surface area contributed by atoms with Crippen LogP contribution in [0, 0.1) is 0 Å². The molecule has 1 fully saturated rings. The highest BCUT2D eigenvalue weighted by Crippen LogP contribution is 2.28. The van der Waals surface area contributed by atoms with Crippen molar-refractivity contribution in [2.24, 2.45) is 0 Å². The number of hydrogen-bond acceptors (Lipinski definition) is 4. The van der Waals surface area contributed by atoms with Crippen molar-refractivity contribution in [3.8, 4) is 5.69 Å². The van der Waals surface area contributed by atoms with Gasteiger partial charge < -0.3 is 5.32 Å². The molecule has 0 atom stereocenters. The summed E-state index contributed by atoms with van der Waals surface area (Å²) in [5.41, 5.74) is 2.26. The van der Waals surface area contributed by atoms with E-state index in [0.717, 1.165) is 27.6 Å². The van der Waals surface area contributed by atoms with Crippen LogP contribution in [0.2, 0.25) is 0 Å². The molecule has 0 unspecified atom stereocenters. The van der Waals surface area contributed by atoms with Gasteiger partial charge in [0.25, 0.3) is 5.91 Å². The van der Waals surface area contributed by atoms with E-state index < -0.39 is 5.54 Å². The zero-order valence-corrected chi connectivity index (χ0v) is 16.7. The Morgan fingerprint density at radius 1 is 1.04 bits per heavy atom. The summed E-state index contributed by atoms with van der Waals surface area (Å²) in [5.74, 6) is 0.590. The normalized spacial score (nSPS) is 16.0. The van der Waals surface area contributed by atoms with Crippen molar-refractivity contribution < 1.29 is 9.59 Å². The molecule has 1 saturated heterocycles. The fourth-order valence-electron chi connectivity index (χ4n) is 3.33. The van der Waals surface area contributed by atoms with E-state index in [2.05, 4.69) is 28.1 Å². The summed E-state index contributed by atoms with van der Waals surface area (Å²) < 4.78 is 2.15. The second-order valence-electron chi connectivity index (χ2n) is 7.27. The van der Waals surface area contributed by atoms with E-state index in [1.165, 1.54) is 4.90 Å². The maximum atomic E-state index is 12.3. The summed E-state index contributed by atoms with van der Waals surface area (Å²) in [6, 6.07) is 17.9. The molecule has 1 aromatic heterocycles. The van der Waals surface area contributed by atoms with Crippen LogP contribution in [-0.4, -0.2) is 44.2 Å². The van der Waals surface area contributed by atoms with Gasteiger partial charge in [0, 0.05) is 18.0 Å². The van der Waals surface area contributed by atoms with Crippen LogP contribution in [0.1, 0.15) is 20.3 Å². The van der Waals surface area contributed by atoms with Crippen LogP contribution in [0.25, 0.3) is 16.7 Å². The highest BCUT2D eigenvalue weighted by atomic mass is 32.2. The second kappa shape index (κ2) is 7.31. The van der Waals surface area contributed by atoms with Crippen LogP contribution in [0.3, 0.4) is 0 Å². The first-order chi connectivity index (χ1) is 13.5. The van der Waals surface area contributed by atoms with E-state index in [1.54, 1.807) is 25.6 Å². The Morgan fingerprint density at radius 3 is 2.46 bits per heavy atom. The number of urea groups is 1. The largest absolute Gasteiger partial charge is 0.325 e. The van der Waals surface area contributed by atoms with E-state index in [-0.39, 0.29) is 11.9 Å². The molecule has 0 bridgehead atoms. The second-order valence-corrected chi connectivity index (χ2v) is 8.33. The van der Waals surface area contributed by atoms with Crippen molar-refractivity contribution in [3.63, 3.8) is 0 Å². The van der Waals surface area contributed by atoms with Gasteiger partial charge in [-0.2, -0.15) is 0 Å². The molecule has 144 valence electrons. The number of imidazole rings is 1. The molecule has 2 aromatic carbocycles. The molecule has 1 aliphatic heterocycles. The maximum Gasteiger partial charge on any atom is 0.325 e. The number of carbonyl (C=O) groups excluding carboxylic acids is 2. The fourth-order valence-corrected chi connectivity index (χ4v) is 4.29. The Hall–Kier alpha value is -2.80. The molecule has 0 aliphatic carbocycles. The minimum absolute atomic E-state index is 0.168. The van der Waals surface area contributed by atoms with Gasteiger partial charge in [-0.05, 0) is 44.5 Å². The molecule has 28 heavy (non-hydrogen) atoms. The lowest BCUT2D eigenvalue weighted by atomic mass is 10.1. The molecule has 0 spiro atoms. The summed E-state index contributed by atoms with van der Waals surface area (Å²) in [6.45, 7) is 3.86. The topological polar surface area (TPSA) is 67.2 Å². The minimum Gasteiger partial charge on any atom is -0.324 e. The number of para-hydroxylation sites is 3. The number of nitrogens with one attached hydrogen (secondary N) is 1. The first-order valence-electron chi connectivity index (χ1n) is 9.27. The molecule has 6 nitrogen and oxygen atoms in total. The van der Waals surface area contributed by atoms with Gasteiger partial charge in [-0.1, -0.05) is 42.1 Å². The lowest BCUT2D eigenvalue weighted by molar-refractivity contribution is -0.130. The number of amides is 3. The summed E-state index contributed by atoms with van der Waals surface area (Å²) in [6.07, 6.45) is 0.706. The molecule has 2 heterocycles. The van der Waals surface area contributed by atoms with Crippen molar-refractivity contribution in [2.45, 2.75) is 31.0 Å². The molecule has 3 amide bonds. The highest BCUT2D eigenvalue weighted by Gasteiger charge is 2.43. The summed E-state index contributed by atoms with van der Waals surface area (Å²) >= 11 is 1.64. The van der Waals surface area contributed by atoms with Gasteiger partial charge in [-0.15, -0.1) is 0 Å². The van der Waals surface area contributed by atoms with Crippen molar-refractivity contribution >= 4 is 34.7 Å². The average molecular weight is 395 g/mol. The average Bonchev–Trinajstić information content (AvgIpc) is 3.14. The third-order valence-electron chi connectivity index (χ3n) is 4.75.